The molecule has 88 valence electrons. The maximum Gasteiger partial charge on any atom is 0.322 e. The molecule has 0 amide bonds. The number of halogens is 1. The summed E-state index contributed by atoms with van der Waals surface area (Å²) in [5.41, 5.74) is 0. The van der Waals surface area contributed by atoms with Crippen LogP contribution in [0.3, 0.4) is 0 Å². The van der Waals surface area contributed by atoms with Crippen molar-refractivity contribution in [3.63, 3.8) is 0 Å². The molecule has 1 unspecified atom stereocenters. The average molecular weight is 245 g/mol. The SMILES string of the molecule is COc1nc(Cl)nc(NCC(O)C2CC2)n1. The summed E-state index contributed by atoms with van der Waals surface area (Å²) >= 11 is 5.67. The Morgan fingerprint density at radius 1 is 1.50 bits per heavy atom. The third kappa shape index (κ3) is 2.93. The van der Waals surface area contributed by atoms with Crippen molar-refractivity contribution in [2.24, 2.45) is 5.92 Å². The third-order valence-corrected chi connectivity index (χ3v) is 2.57. The Labute approximate surface area is 98.0 Å². The summed E-state index contributed by atoms with van der Waals surface area (Å²) in [6, 6.07) is 0.156. The van der Waals surface area contributed by atoms with Crippen molar-refractivity contribution in [3.8, 4) is 6.01 Å². The molecule has 0 bridgehead atoms. The minimum absolute atomic E-state index is 0.0651. The predicted molar refractivity (Wildman–Crippen MR) is 58.6 cm³/mol. The summed E-state index contributed by atoms with van der Waals surface area (Å²) in [5, 5.41) is 12.6. The number of nitrogens with one attached hydrogen (secondary N) is 1. The lowest BCUT2D eigenvalue weighted by atomic mass is 10.2. The fraction of sp³-hybridized carbons (Fsp3) is 0.667. The summed E-state index contributed by atoms with van der Waals surface area (Å²) in [4.78, 5) is 11.6. The molecule has 7 heteroatoms. The summed E-state index contributed by atoms with van der Waals surface area (Å²) < 4.78 is 4.85. The lowest BCUT2D eigenvalue weighted by Crippen LogP contribution is -2.22. The van der Waals surface area contributed by atoms with Gasteiger partial charge in [-0.15, -0.1) is 0 Å². The minimum Gasteiger partial charge on any atom is -0.467 e. The molecule has 1 heterocycles. The molecule has 1 aliphatic carbocycles. The highest BCUT2D eigenvalue weighted by molar-refractivity contribution is 6.28. The van der Waals surface area contributed by atoms with Gasteiger partial charge in [0.2, 0.25) is 11.2 Å². The normalized spacial score (nSPS) is 16.9. The molecule has 16 heavy (non-hydrogen) atoms. The summed E-state index contributed by atoms with van der Waals surface area (Å²) in [7, 11) is 1.45. The van der Waals surface area contributed by atoms with E-state index in [0.717, 1.165) is 12.8 Å². The van der Waals surface area contributed by atoms with Crippen molar-refractivity contribution in [1.29, 1.82) is 0 Å². The minimum atomic E-state index is -0.360. The van der Waals surface area contributed by atoms with Gasteiger partial charge in [0.1, 0.15) is 0 Å². The van der Waals surface area contributed by atoms with Crippen LogP contribution in [0.1, 0.15) is 12.8 Å². The van der Waals surface area contributed by atoms with Crippen LogP contribution in [0.25, 0.3) is 0 Å². The molecule has 1 atom stereocenters. The van der Waals surface area contributed by atoms with Gasteiger partial charge in [0.15, 0.2) is 0 Å². The molecular weight excluding hydrogens is 232 g/mol. The molecular formula is C9H13ClN4O2. The van der Waals surface area contributed by atoms with Crippen molar-refractivity contribution in [1.82, 2.24) is 15.0 Å². The first-order valence-corrected chi connectivity index (χ1v) is 5.44. The van der Waals surface area contributed by atoms with Crippen LogP contribution in [0, 0.1) is 5.92 Å². The van der Waals surface area contributed by atoms with Crippen LogP contribution in [0.15, 0.2) is 0 Å². The lowest BCUT2D eigenvalue weighted by molar-refractivity contribution is 0.164. The highest BCUT2D eigenvalue weighted by atomic mass is 35.5. The van der Waals surface area contributed by atoms with Crippen molar-refractivity contribution >= 4 is 17.5 Å². The van der Waals surface area contributed by atoms with Crippen LogP contribution in [-0.2, 0) is 0 Å². The van der Waals surface area contributed by atoms with Crippen LogP contribution < -0.4 is 10.1 Å². The lowest BCUT2D eigenvalue weighted by Gasteiger charge is -2.10. The number of aromatic nitrogens is 3. The van der Waals surface area contributed by atoms with E-state index in [4.69, 9.17) is 16.3 Å². The number of ether oxygens (including phenoxy) is 1. The second-order valence-electron chi connectivity index (χ2n) is 3.70. The highest BCUT2D eigenvalue weighted by Crippen LogP contribution is 2.32. The number of rotatable bonds is 5. The van der Waals surface area contributed by atoms with E-state index in [9.17, 15) is 5.11 Å². The van der Waals surface area contributed by atoms with Crippen LogP contribution in [0.4, 0.5) is 5.95 Å². The molecule has 1 saturated carbocycles. The molecule has 1 aromatic heterocycles. The van der Waals surface area contributed by atoms with Crippen molar-refractivity contribution in [2.75, 3.05) is 19.0 Å². The Bertz CT molecular complexity index is 373. The van der Waals surface area contributed by atoms with E-state index in [2.05, 4.69) is 20.3 Å². The molecule has 0 aromatic carbocycles. The molecule has 0 saturated heterocycles. The van der Waals surface area contributed by atoms with E-state index in [-0.39, 0.29) is 17.4 Å². The molecule has 0 spiro atoms. The van der Waals surface area contributed by atoms with Crippen molar-refractivity contribution < 1.29 is 9.84 Å². The fourth-order valence-corrected chi connectivity index (χ4v) is 1.50. The van der Waals surface area contributed by atoms with E-state index in [1.165, 1.54) is 7.11 Å². The average Bonchev–Trinajstić information content (AvgIpc) is 3.08. The smallest absolute Gasteiger partial charge is 0.322 e. The standard InChI is InChI=1S/C9H13ClN4O2/c1-16-9-13-7(10)12-8(14-9)11-4-6(15)5-2-3-5/h5-6,15H,2-4H2,1H3,(H,11,12,13,14). The van der Waals surface area contributed by atoms with Gasteiger partial charge in [-0.2, -0.15) is 15.0 Å². The van der Waals surface area contributed by atoms with Crippen LogP contribution in [-0.4, -0.2) is 39.8 Å². The molecule has 1 aliphatic rings. The summed E-state index contributed by atoms with van der Waals surface area (Å²) in [5.74, 6) is 0.725. The molecule has 0 radical (unpaired) electrons. The van der Waals surface area contributed by atoms with Gasteiger partial charge in [-0.3, -0.25) is 0 Å². The number of aliphatic hydroxyl groups is 1. The van der Waals surface area contributed by atoms with Crippen LogP contribution in [0.2, 0.25) is 5.28 Å². The monoisotopic (exact) mass is 244 g/mol. The van der Waals surface area contributed by atoms with Gasteiger partial charge in [-0.25, -0.2) is 0 Å². The molecule has 1 aromatic rings. The quantitative estimate of drug-likeness (QED) is 0.794. The van der Waals surface area contributed by atoms with Gasteiger partial charge >= 0.3 is 6.01 Å². The largest absolute Gasteiger partial charge is 0.467 e. The first kappa shape index (κ1) is 11.3. The van der Waals surface area contributed by atoms with Gasteiger partial charge in [0.05, 0.1) is 13.2 Å². The first-order valence-electron chi connectivity index (χ1n) is 5.06. The Morgan fingerprint density at radius 3 is 2.88 bits per heavy atom. The van der Waals surface area contributed by atoms with E-state index >= 15 is 0 Å². The Morgan fingerprint density at radius 2 is 2.25 bits per heavy atom. The Kier molecular flexibility index (Phi) is 3.40. The van der Waals surface area contributed by atoms with Gasteiger partial charge in [-0.1, -0.05) is 0 Å². The number of aliphatic hydroxyl groups excluding tert-OH is 1. The zero-order valence-electron chi connectivity index (χ0n) is 8.85. The highest BCUT2D eigenvalue weighted by Gasteiger charge is 2.29. The molecule has 2 rings (SSSR count). The van der Waals surface area contributed by atoms with E-state index in [0.29, 0.717) is 18.4 Å². The van der Waals surface area contributed by atoms with E-state index in [1.807, 2.05) is 0 Å². The van der Waals surface area contributed by atoms with E-state index in [1.54, 1.807) is 0 Å². The molecule has 0 aliphatic heterocycles. The van der Waals surface area contributed by atoms with Crippen LogP contribution >= 0.6 is 11.6 Å². The van der Waals surface area contributed by atoms with Crippen molar-refractivity contribution in [3.05, 3.63) is 5.28 Å². The molecule has 2 N–H and O–H groups in total. The first-order chi connectivity index (χ1) is 7.69. The van der Waals surface area contributed by atoms with Gasteiger partial charge in [0, 0.05) is 6.54 Å². The summed E-state index contributed by atoms with van der Waals surface area (Å²) in [6.07, 6.45) is 1.82. The molecule has 6 nitrogen and oxygen atoms in total. The third-order valence-electron chi connectivity index (χ3n) is 2.41. The topological polar surface area (TPSA) is 80.2 Å². The number of hydrogen-bond donors (Lipinski definition) is 2. The fourth-order valence-electron chi connectivity index (χ4n) is 1.35. The van der Waals surface area contributed by atoms with Crippen molar-refractivity contribution in [2.45, 2.75) is 18.9 Å². The second kappa shape index (κ2) is 4.80. The zero-order chi connectivity index (χ0) is 11.5. The second-order valence-corrected chi connectivity index (χ2v) is 4.04. The number of methoxy groups -OCH3 is 1. The van der Waals surface area contributed by atoms with Crippen LogP contribution in [0.5, 0.6) is 6.01 Å². The number of hydrogen-bond acceptors (Lipinski definition) is 6. The van der Waals surface area contributed by atoms with E-state index < -0.39 is 0 Å². The number of nitrogens with zero attached hydrogens (tertiary/aromatic N) is 3. The predicted octanol–water partition coefficient (Wildman–Crippen LogP) is 0.716. The number of anilines is 1. The Hall–Kier alpha value is -1.14. The maximum atomic E-state index is 9.65. The summed E-state index contributed by atoms with van der Waals surface area (Å²) in [6.45, 7) is 0.411. The van der Waals surface area contributed by atoms with Gasteiger partial charge < -0.3 is 15.2 Å². The zero-order valence-corrected chi connectivity index (χ0v) is 9.61. The Balaban J connectivity index is 1.94. The molecule has 1 fully saturated rings. The van der Waals surface area contributed by atoms with Gasteiger partial charge in [0.25, 0.3) is 0 Å². The maximum absolute atomic E-state index is 9.65. The van der Waals surface area contributed by atoms with Gasteiger partial charge in [-0.05, 0) is 30.4 Å².